The smallest absolute Gasteiger partial charge is 0.256 e. The molecule has 114 valence electrons. The molecule has 0 saturated carbocycles. The van der Waals surface area contributed by atoms with Crippen LogP contribution in [0.15, 0.2) is 18.2 Å². The van der Waals surface area contributed by atoms with Crippen LogP contribution in [0.2, 0.25) is 0 Å². The number of nitrogens with zero attached hydrogens (tertiary/aromatic N) is 1. The molecule has 3 rings (SSSR count). The van der Waals surface area contributed by atoms with E-state index in [4.69, 9.17) is 9.47 Å². The Kier molecular flexibility index (Phi) is 4.17. The van der Waals surface area contributed by atoms with E-state index in [1.54, 1.807) is 4.90 Å². The van der Waals surface area contributed by atoms with Gasteiger partial charge in [-0.25, -0.2) is 8.78 Å². The molecule has 0 N–H and O–H groups in total. The highest BCUT2D eigenvalue weighted by molar-refractivity contribution is 5.94. The number of benzene rings is 1. The van der Waals surface area contributed by atoms with Gasteiger partial charge in [0, 0.05) is 19.0 Å². The van der Waals surface area contributed by atoms with Crippen molar-refractivity contribution >= 4 is 5.91 Å². The number of hydrogen-bond acceptors (Lipinski definition) is 3. The lowest BCUT2D eigenvalue weighted by Gasteiger charge is -2.33. The van der Waals surface area contributed by atoms with Crippen LogP contribution in [0.1, 0.15) is 23.2 Å². The molecule has 6 heteroatoms. The summed E-state index contributed by atoms with van der Waals surface area (Å²) in [5.41, 5.74) is -0.207. The number of carbonyl (C=O) groups excluding carboxylic acids is 1. The van der Waals surface area contributed by atoms with E-state index in [1.165, 1.54) is 12.1 Å². The molecule has 0 aliphatic carbocycles. The largest absolute Gasteiger partial charge is 0.350 e. The third kappa shape index (κ3) is 2.91. The second kappa shape index (κ2) is 6.07. The number of ether oxygens (including phenoxy) is 2. The Bertz CT molecular complexity index is 524. The number of rotatable bonds is 2. The van der Waals surface area contributed by atoms with Crippen molar-refractivity contribution in [3.8, 4) is 0 Å². The number of piperidine rings is 1. The lowest BCUT2D eigenvalue weighted by Crippen LogP contribution is -2.41. The van der Waals surface area contributed by atoms with Crippen LogP contribution in [-0.4, -0.2) is 43.4 Å². The van der Waals surface area contributed by atoms with Crippen molar-refractivity contribution in [1.82, 2.24) is 4.90 Å². The van der Waals surface area contributed by atoms with Crippen molar-refractivity contribution in [1.29, 1.82) is 0 Å². The predicted octanol–water partition coefficient (Wildman–Crippen LogP) is 2.19. The number of hydrogen-bond donors (Lipinski definition) is 0. The SMILES string of the molecule is O=C(c1cccc(F)c1F)N1CCC(C2OCCO2)CC1. The van der Waals surface area contributed by atoms with Crippen molar-refractivity contribution < 1.29 is 23.0 Å². The minimum Gasteiger partial charge on any atom is -0.350 e. The van der Waals surface area contributed by atoms with E-state index in [1.807, 2.05) is 0 Å². The fourth-order valence-electron chi connectivity index (χ4n) is 2.86. The number of amides is 1. The molecule has 2 saturated heterocycles. The van der Waals surface area contributed by atoms with Crippen molar-refractivity contribution in [3.05, 3.63) is 35.4 Å². The normalized spacial score (nSPS) is 21.0. The van der Waals surface area contributed by atoms with Crippen LogP contribution in [0, 0.1) is 17.6 Å². The Morgan fingerprint density at radius 1 is 1.14 bits per heavy atom. The summed E-state index contributed by atoms with van der Waals surface area (Å²) in [7, 11) is 0. The van der Waals surface area contributed by atoms with E-state index in [-0.39, 0.29) is 17.8 Å². The van der Waals surface area contributed by atoms with Crippen LogP contribution < -0.4 is 0 Å². The van der Waals surface area contributed by atoms with Gasteiger partial charge in [0.25, 0.3) is 5.91 Å². The maximum absolute atomic E-state index is 13.7. The van der Waals surface area contributed by atoms with E-state index < -0.39 is 17.5 Å². The zero-order valence-corrected chi connectivity index (χ0v) is 11.6. The molecule has 1 amide bonds. The molecule has 0 bridgehead atoms. The maximum Gasteiger partial charge on any atom is 0.256 e. The number of likely N-dealkylation sites (tertiary alicyclic amines) is 1. The Balaban J connectivity index is 1.63. The Hall–Kier alpha value is -1.53. The van der Waals surface area contributed by atoms with Crippen LogP contribution in [0.25, 0.3) is 0 Å². The molecule has 2 heterocycles. The van der Waals surface area contributed by atoms with Crippen molar-refractivity contribution in [2.75, 3.05) is 26.3 Å². The average Bonchev–Trinajstić information content (AvgIpc) is 3.04. The lowest BCUT2D eigenvalue weighted by atomic mass is 9.95. The van der Waals surface area contributed by atoms with Gasteiger partial charge in [-0.3, -0.25) is 4.79 Å². The summed E-state index contributed by atoms with van der Waals surface area (Å²) in [4.78, 5) is 13.8. The lowest BCUT2D eigenvalue weighted by molar-refractivity contribution is -0.0956. The standard InChI is InChI=1S/C15H17F2NO3/c16-12-3-1-2-11(13(12)17)14(19)18-6-4-10(5-7-18)15-20-8-9-21-15/h1-3,10,15H,4-9H2. The van der Waals surface area contributed by atoms with Gasteiger partial charge in [0.1, 0.15) is 0 Å². The van der Waals surface area contributed by atoms with E-state index >= 15 is 0 Å². The van der Waals surface area contributed by atoms with Gasteiger partial charge < -0.3 is 14.4 Å². The van der Waals surface area contributed by atoms with Gasteiger partial charge in [0.15, 0.2) is 17.9 Å². The van der Waals surface area contributed by atoms with Gasteiger partial charge >= 0.3 is 0 Å². The van der Waals surface area contributed by atoms with E-state index in [9.17, 15) is 13.6 Å². The fourth-order valence-corrected chi connectivity index (χ4v) is 2.86. The second-order valence-corrected chi connectivity index (χ2v) is 5.34. The van der Waals surface area contributed by atoms with Gasteiger partial charge in [-0.1, -0.05) is 6.07 Å². The quantitative estimate of drug-likeness (QED) is 0.840. The van der Waals surface area contributed by atoms with Crippen LogP contribution in [0.4, 0.5) is 8.78 Å². The number of halogens is 2. The first kappa shape index (κ1) is 14.4. The summed E-state index contributed by atoms with van der Waals surface area (Å²) in [5.74, 6) is -2.27. The monoisotopic (exact) mass is 297 g/mol. The second-order valence-electron chi connectivity index (χ2n) is 5.34. The van der Waals surface area contributed by atoms with Crippen LogP contribution in [0.5, 0.6) is 0 Å². The van der Waals surface area contributed by atoms with Crippen LogP contribution in [-0.2, 0) is 9.47 Å². The molecule has 2 aliphatic rings. The highest BCUT2D eigenvalue weighted by atomic mass is 19.2. The summed E-state index contributed by atoms with van der Waals surface area (Å²) >= 11 is 0. The van der Waals surface area contributed by atoms with Gasteiger partial charge in [0.2, 0.25) is 0 Å². The minimum atomic E-state index is -1.08. The first-order valence-corrected chi connectivity index (χ1v) is 7.13. The molecule has 1 aromatic rings. The van der Waals surface area contributed by atoms with Crippen molar-refractivity contribution in [2.45, 2.75) is 19.1 Å². The molecule has 21 heavy (non-hydrogen) atoms. The Morgan fingerprint density at radius 3 is 2.48 bits per heavy atom. The minimum absolute atomic E-state index is 0.187. The fraction of sp³-hybridized carbons (Fsp3) is 0.533. The van der Waals surface area contributed by atoms with Gasteiger partial charge in [-0.15, -0.1) is 0 Å². The highest BCUT2D eigenvalue weighted by Gasteiger charge is 2.32. The van der Waals surface area contributed by atoms with Crippen molar-refractivity contribution in [3.63, 3.8) is 0 Å². The molecule has 0 spiro atoms. The summed E-state index contributed by atoms with van der Waals surface area (Å²) in [6.07, 6.45) is 1.30. The highest BCUT2D eigenvalue weighted by Crippen LogP contribution is 2.27. The van der Waals surface area contributed by atoms with Crippen LogP contribution in [0.3, 0.4) is 0 Å². The molecule has 0 atom stereocenters. The first-order chi connectivity index (χ1) is 10.2. The van der Waals surface area contributed by atoms with E-state index in [0.717, 1.165) is 18.9 Å². The third-order valence-electron chi connectivity index (χ3n) is 4.04. The maximum atomic E-state index is 13.7. The van der Waals surface area contributed by atoms with Gasteiger partial charge in [0.05, 0.1) is 18.8 Å². The van der Waals surface area contributed by atoms with E-state index in [2.05, 4.69) is 0 Å². The molecule has 1 aromatic carbocycles. The third-order valence-corrected chi connectivity index (χ3v) is 4.04. The summed E-state index contributed by atoms with van der Waals surface area (Å²) < 4.78 is 37.8. The van der Waals surface area contributed by atoms with Gasteiger partial charge in [-0.2, -0.15) is 0 Å². The average molecular weight is 297 g/mol. The molecule has 2 fully saturated rings. The topological polar surface area (TPSA) is 38.8 Å². The summed E-state index contributed by atoms with van der Waals surface area (Å²) in [6.45, 7) is 2.22. The molecule has 2 aliphatic heterocycles. The molecular formula is C15H17F2NO3. The number of carbonyl (C=O) groups is 1. The molecule has 0 radical (unpaired) electrons. The summed E-state index contributed by atoms with van der Waals surface area (Å²) in [6, 6.07) is 3.67. The van der Waals surface area contributed by atoms with Gasteiger partial charge in [-0.05, 0) is 25.0 Å². The van der Waals surface area contributed by atoms with Crippen LogP contribution >= 0.6 is 0 Å². The van der Waals surface area contributed by atoms with Crippen molar-refractivity contribution in [2.24, 2.45) is 5.92 Å². The Labute approximate surface area is 121 Å². The molecule has 0 unspecified atom stereocenters. The molecule has 0 aromatic heterocycles. The molecular weight excluding hydrogens is 280 g/mol. The molecule has 4 nitrogen and oxygen atoms in total. The summed E-state index contributed by atoms with van der Waals surface area (Å²) in [5, 5.41) is 0. The first-order valence-electron chi connectivity index (χ1n) is 7.13. The zero-order valence-electron chi connectivity index (χ0n) is 11.6. The Morgan fingerprint density at radius 2 is 1.81 bits per heavy atom. The predicted molar refractivity (Wildman–Crippen MR) is 70.7 cm³/mol. The van der Waals surface area contributed by atoms with E-state index in [0.29, 0.717) is 26.3 Å². The zero-order chi connectivity index (χ0) is 14.8.